The highest BCUT2D eigenvalue weighted by molar-refractivity contribution is 6.31. The zero-order chi connectivity index (χ0) is 14.5. The van der Waals surface area contributed by atoms with Crippen LogP contribution >= 0.6 is 11.6 Å². The molecule has 2 N–H and O–H groups in total. The maximum atomic E-state index is 11.8. The van der Waals surface area contributed by atoms with Crippen LogP contribution in [0, 0.1) is 10.1 Å². The molecule has 0 saturated carbocycles. The molecule has 0 bridgehead atoms. The monoisotopic (exact) mass is 297 g/mol. The number of amides is 1. The fourth-order valence-electron chi connectivity index (χ4n) is 2.20. The number of nitro groups is 1. The molecular weight excluding hydrogens is 282 g/mol. The van der Waals surface area contributed by atoms with Crippen molar-refractivity contribution >= 4 is 23.2 Å². The molecule has 1 aliphatic heterocycles. The molecule has 0 aromatic heterocycles. The van der Waals surface area contributed by atoms with Crippen LogP contribution < -0.4 is 10.6 Å². The normalized spacial score (nSPS) is 17.9. The number of halogens is 1. The summed E-state index contributed by atoms with van der Waals surface area (Å²) in [5.74, 6) is -0.130. The number of carbonyl (C=O) groups excluding carboxylic acids is 1. The second kappa shape index (κ2) is 6.67. The Morgan fingerprint density at radius 3 is 2.95 bits per heavy atom. The van der Waals surface area contributed by atoms with Crippen molar-refractivity contribution in [3.63, 3.8) is 0 Å². The van der Waals surface area contributed by atoms with Gasteiger partial charge in [-0.15, -0.1) is 0 Å². The summed E-state index contributed by atoms with van der Waals surface area (Å²) in [5, 5.41) is 17.0. The van der Waals surface area contributed by atoms with E-state index in [1.54, 1.807) is 0 Å². The molecule has 1 atom stereocenters. The molecule has 1 heterocycles. The minimum atomic E-state index is -0.512. The molecule has 1 unspecified atom stereocenters. The van der Waals surface area contributed by atoms with Gasteiger partial charge in [0, 0.05) is 24.7 Å². The molecule has 20 heavy (non-hydrogen) atoms. The van der Waals surface area contributed by atoms with Crippen LogP contribution in [0.3, 0.4) is 0 Å². The molecule has 6 nitrogen and oxygen atoms in total. The average Bonchev–Trinajstić information content (AvgIpc) is 2.91. The van der Waals surface area contributed by atoms with Crippen LogP contribution in [0.4, 0.5) is 5.69 Å². The molecule has 7 heteroatoms. The van der Waals surface area contributed by atoms with Gasteiger partial charge in [0.2, 0.25) is 5.91 Å². The molecule has 2 rings (SSSR count). The van der Waals surface area contributed by atoms with Gasteiger partial charge >= 0.3 is 0 Å². The summed E-state index contributed by atoms with van der Waals surface area (Å²) in [6.07, 6.45) is 2.33. The molecule has 0 aliphatic carbocycles. The second-order valence-electron chi connectivity index (χ2n) is 4.81. The predicted octanol–water partition coefficient (Wildman–Crippen LogP) is 1.66. The third kappa shape index (κ3) is 3.91. The number of hydrogen-bond donors (Lipinski definition) is 2. The average molecular weight is 298 g/mol. The number of nitrogens with one attached hydrogen (secondary N) is 2. The lowest BCUT2D eigenvalue weighted by atomic mass is 10.1. The fourth-order valence-corrected chi connectivity index (χ4v) is 2.44. The third-order valence-electron chi connectivity index (χ3n) is 3.31. The highest BCUT2D eigenvalue weighted by atomic mass is 35.5. The molecule has 1 aliphatic rings. The lowest BCUT2D eigenvalue weighted by Gasteiger charge is -2.11. The number of carbonyl (C=O) groups is 1. The fraction of sp³-hybridized carbons (Fsp3) is 0.462. The Bertz CT molecular complexity index is 516. The zero-order valence-electron chi connectivity index (χ0n) is 10.9. The molecule has 1 amide bonds. The summed E-state index contributed by atoms with van der Waals surface area (Å²) in [5.41, 5.74) is 0.517. The predicted molar refractivity (Wildman–Crippen MR) is 75.8 cm³/mol. The van der Waals surface area contributed by atoms with E-state index in [-0.39, 0.29) is 23.0 Å². The van der Waals surface area contributed by atoms with E-state index in [4.69, 9.17) is 11.6 Å². The highest BCUT2D eigenvalue weighted by Crippen LogP contribution is 2.22. The Kier molecular flexibility index (Phi) is 4.92. The van der Waals surface area contributed by atoms with Gasteiger partial charge in [-0.1, -0.05) is 17.7 Å². The van der Waals surface area contributed by atoms with Crippen molar-refractivity contribution in [1.29, 1.82) is 0 Å². The standard InChI is InChI=1S/C13H16ClN3O3/c14-12-7-11(17(19)20)4-3-9(12)6-13(18)16-8-10-2-1-5-15-10/h3-4,7,10,15H,1-2,5-6,8H2,(H,16,18). The lowest BCUT2D eigenvalue weighted by Crippen LogP contribution is -2.37. The van der Waals surface area contributed by atoms with Crippen molar-refractivity contribution in [2.45, 2.75) is 25.3 Å². The third-order valence-corrected chi connectivity index (χ3v) is 3.66. The second-order valence-corrected chi connectivity index (χ2v) is 5.21. The number of hydrogen-bond acceptors (Lipinski definition) is 4. The first-order valence-corrected chi connectivity index (χ1v) is 6.87. The number of benzene rings is 1. The first-order chi connectivity index (χ1) is 9.56. The maximum absolute atomic E-state index is 11.8. The van der Waals surface area contributed by atoms with Gasteiger partial charge < -0.3 is 10.6 Å². The van der Waals surface area contributed by atoms with E-state index in [1.807, 2.05) is 0 Å². The van der Waals surface area contributed by atoms with E-state index in [0.29, 0.717) is 18.2 Å². The van der Waals surface area contributed by atoms with Crippen molar-refractivity contribution < 1.29 is 9.72 Å². The van der Waals surface area contributed by atoms with Crippen molar-refractivity contribution in [3.8, 4) is 0 Å². The van der Waals surface area contributed by atoms with Gasteiger partial charge in [0.25, 0.3) is 5.69 Å². The number of non-ortho nitro benzene ring substituents is 1. The highest BCUT2D eigenvalue weighted by Gasteiger charge is 2.16. The van der Waals surface area contributed by atoms with Crippen LogP contribution in [0.15, 0.2) is 18.2 Å². The molecule has 0 spiro atoms. The Balaban J connectivity index is 1.88. The minimum Gasteiger partial charge on any atom is -0.354 e. The zero-order valence-corrected chi connectivity index (χ0v) is 11.7. The van der Waals surface area contributed by atoms with E-state index in [9.17, 15) is 14.9 Å². The summed E-state index contributed by atoms with van der Waals surface area (Å²) >= 11 is 5.95. The van der Waals surface area contributed by atoms with Crippen LogP contribution in [-0.2, 0) is 11.2 Å². The Morgan fingerprint density at radius 2 is 2.35 bits per heavy atom. The molecular formula is C13H16ClN3O3. The maximum Gasteiger partial charge on any atom is 0.270 e. The van der Waals surface area contributed by atoms with Gasteiger partial charge in [0.05, 0.1) is 16.4 Å². The number of nitro benzene ring substituents is 1. The summed E-state index contributed by atoms with van der Waals surface area (Å²) < 4.78 is 0. The molecule has 108 valence electrons. The summed E-state index contributed by atoms with van der Waals surface area (Å²) in [6.45, 7) is 1.60. The van der Waals surface area contributed by atoms with Crippen molar-refractivity contribution in [3.05, 3.63) is 38.9 Å². The van der Waals surface area contributed by atoms with E-state index >= 15 is 0 Å². The Hall–Kier alpha value is -1.66. The lowest BCUT2D eigenvalue weighted by molar-refractivity contribution is -0.384. The van der Waals surface area contributed by atoms with Gasteiger partial charge in [-0.2, -0.15) is 0 Å². The smallest absolute Gasteiger partial charge is 0.270 e. The van der Waals surface area contributed by atoms with E-state index in [2.05, 4.69) is 10.6 Å². The molecule has 1 aromatic carbocycles. The quantitative estimate of drug-likeness (QED) is 0.639. The van der Waals surface area contributed by atoms with Crippen LogP contribution in [-0.4, -0.2) is 30.0 Å². The summed E-state index contributed by atoms with van der Waals surface area (Å²) in [6, 6.07) is 4.48. The van der Waals surface area contributed by atoms with Gasteiger partial charge in [0.15, 0.2) is 0 Å². The van der Waals surface area contributed by atoms with E-state index in [1.165, 1.54) is 18.2 Å². The Labute approximate surface area is 121 Å². The summed E-state index contributed by atoms with van der Waals surface area (Å²) in [4.78, 5) is 21.9. The van der Waals surface area contributed by atoms with Gasteiger partial charge in [-0.3, -0.25) is 14.9 Å². The molecule has 0 radical (unpaired) electrons. The van der Waals surface area contributed by atoms with E-state index < -0.39 is 4.92 Å². The van der Waals surface area contributed by atoms with E-state index in [0.717, 1.165) is 19.4 Å². The van der Waals surface area contributed by atoms with Crippen molar-refractivity contribution in [1.82, 2.24) is 10.6 Å². The first-order valence-electron chi connectivity index (χ1n) is 6.49. The topological polar surface area (TPSA) is 84.3 Å². The van der Waals surface area contributed by atoms with Gasteiger partial charge in [-0.25, -0.2) is 0 Å². The SMILES string of the molecule is O=C(Cc1ccc([N+](=O)[O-])cc1Cl)NCC1CCCN1. The van der Waals surface area contributed by atoms with Crippen LogP contribution in [0.25, 0.3) is 0 Å². The first kappa shape index (κ1) is 14.7. The van der Waals surface area contributed by atoms with Crippen molar-refractivity contribution in [2.24, 2.45) is 0 Å². The van der Waals surface area contributed by atoms with Crippen LogP contribution in [0.1, 0.15) is 18.4 Å². The van der Waals surface area contributed by atoms with Crippen LogP contribution in [0.5, 0.6) is 0 Å². The minimum absolute atomic E-state index is 0.0747. The largest absolute Gasteiger partial charge is 0.354 e. The molecule has 1 fully saturated rings. The van der Waals surface area contributed by atoms with Crippen molar-refractivity contribution in [2.75, 3.05) is 13.1 Å². The van der Waals surface area contributed by atoms with Gasteiger partial charge in [-0.05, 0) is 24.9 Å². The number of nitrogens with zero attached hydrogens (tertiary/aromatic N) is 1. The van der Waals surface area contributed by atoms with Crippen LogP contribution in [0.2, 0.25) is 5.02 Å². The van der Waals surface area contributed by atoms with Gasteiger partial charge in [0.1, 0.15) is 0 Å². The molecule has 1 saturated heterocycles. The molecule has 1 aromatic rings. The number of rotatable bonds is 5. The Morgan fingerprint density at radius 1 is 1.55 bits per heavy atom. The summed E-state index contributed by atoms with van der Waals surface area (Å²) in [7, 11) is 0.